The largest absolute Gasteiger partial charge is 0.465 e. The van der Waals surface area contributed by atoms with E-state index in [9.17, 15) is 9.59 Å². The average Bonchev–Trinajstić information content (AvgIpc) is 2.14. The Morgan fingerprint density at radius 2 is 1.72 bits per heavy atom. The van der Waals surface area contributed by atoms with E-state index in [0.29, 0.717) is 0 Å². The molecule has 2 atom stereocenters. The van der Waals surface area contributed by atoms with Crippen molar-refractivity contribution in [1.29, 1.82) is 0 Å². The summed E-state index contributed by atoms with van der Waals surface area (Å²) in [4.78, 5) is 23.4. The number of hydrogen-bond donors (Lipinski definition) is 1. The van der Waals surface area contributed by atoms with Crippen molar-refractivity contribution in [3.8, 4) is 0 Å². The van der Waals surface area contributed by atoms with Gasteiger partial charge in [-0.1, -0.05) is 6.92 Å². The molecule has 0 saturated heterocycles. The maximum absolute atomic E-state index is 11.8. The summed E-state index contributed by atoms with van der Waals surface area (Å²) in [6.07, 6.45) is 0.195. The smallest absolute Gasteiger partial charge is 0.325 e. The molecule has 0 aliphatic heterocycles. The molecule has 2 N–H and O–H groups in total. The molecule has 0 bridgehead atoms. The summed E-state index contributed by atoms with van der Waals surface area (Å²) in [5.41, 5.74) is 4.15. The van der Waals surface area contributed by atoms with Crippen molar-refractivity contribution in [2.45, 2.75) is 59.1 Å². The summed E-state index contributed by atoms with van der Waals surface area (Å²) >= 11 is 0. The second-order valence-electron chi connectivity index (χ2n) is 5.78. The minimum Gasteiger partial charge on any atom is -0.465 e. The number of esters is 2. The van der Waals surface area contributed by atoms with Crippen LogP contribution in [-0.4, -0.2) is 29.7 Å². The SMILES string of the molecule is CCOC(=O)[C@](C)(N)C[C@@H](C)C(=O)OC(C)(C)C. The van der Waals surface area contributed by atoms with Gasteiger partial charge in [-0.15, -0.1) is 0 Å². The fraction of sp³-hybridized carbons (Fsp3) is 0.846. The van der Waals surface area contributed by atoms with Crippen LogP contribution in [0.15, 0.2) is 0 Å². The van der Waals surface area contributed by atoms with E-state index in [-0.39, 0.29) is 19.0 Å². The first kappa shape index (κ1) is 16.9. The summed E-state index contributed by atoms with van der Waals surface area (Å²) < 4.78 is 10.1. The molecule has 18 heavy (non-hydrogen) atoms. The molecule has 5 heteroatoms. The minimum absolute atomic E-state index is 0.195. The quantitative estimate of drug-likeness (QED) is 0.759. The molecule has 0 aromatic carbocycles. The van der Waals surface area contributed by atoms with Gasteiger partial charge in [0, 0.05) is 0 Å². The standard InChI is InChI=1S/C13H25NO4/c1-7-17-11(16)13(6,14)8-9(2)10(15)18-12(3,4)5/h9H,7-8,14H2,1-6H3/t9-,13-/m1/s1. The van der Waals surface area contributed by atoms with Crippen molar-refractivity contribution in [3.05, 3.63) is 0 Å². The predicted octanol–water partition coefficient (Wildman–Crippen LogP) is 1.63. The Kier molecular flexibility index (Phi) is 5.80. The Morgan fingerprint density at radius 1 is 1.22 bits per heavy atom. The van der Waals surface area contributed by atoms with E-state index in [1.165, 1.54) is 0 Å². The van der Waals surface area contributed by atoms with Crippen LogP contribution in [0.2, 0.25) is 0 Å². The lowest BCUT2D eigenvalue weighted by Gasteiger charge is -2.27. The van der Waals surface area contributed by atoms with E-state index in [1.54, 1.807) is 41.5 Å². The lowest BCUT2D eigenvalue weighted by atomic mass is 9.91. The molecule has 0 aromatic heterocycles. The van der Waals surface area contributed by atoms with Gasteiger partial charge in [-0.05, 0) is 41.0 Å². The first-order valence-electron chi connectivity index (χ1n) is 6.18. The zero-order valence-corrected chi connectivity index (χ0v) is 12.2. The van der Waals surface area contributed by atoms with Crippen LogP contribution in [0, 0.1) is 5.92 Å². The molecule has 0 spiro atoms. The van der Waals surface area contributed by atoms with Crippen molar-refractivity contribution in [1.82, 2.24) is 0 Å². The summed E-state index contributed by atoms with van der Waals surface area (Å²) in [6.45, 7) is 10.6. The highest BCUT2D eigenvalue weighted by atomic mass is 16.6. The molecule has 5 nitrogen and oxygen atoms in total. The van der Waals surface area contributed by atoms with Crippen LogP contribution in [0.3, 0.4) is 0 Å². The number of hydrogen-bond acceptors (Lipinski definition) is 5. The maximum atomic E-state index is 11.8. The fourth-order valence-electron chi connectivity index (χ4n) is 1.50. The molecule has 0 rings (SSSR count). The van der Waals surface area contributed by atoms with E-state index >= 15 is 0 Å². The van der Waals surface area contributed by atoms with Crippen LogP contribution in [0.1, 0.15) is 48.0 Å². The molecule has 0 fully saturated rings. The molecule has 0 saturated carbocycles. The molecule has 0 aliphatic carbocycles. The molecule has 0 aliphatic rings. The number of carbonyl (C=O) groups is 2. The Bertz CT molecular complexity index is 305. The number of nitrogens with two attached hydrogens (primary N) is 1. The van der Waals surface area contributed by atoms with Crippen LogP contribution in [-0.2, 0) is 19.1 Å². The van der Waals surface area contributed by atoms with Gasteiger partial charge in [0.15, 0.2) is 0 Å². The third-order valence-corrected chi connectivity index (χ3v) is 2.28. The first-order valence-corrected chi connectivity index (χ1v) is 6.18. The van der Waals surface area contributed by atoms with Crippen molar-refractivity contribution in [2.24, 2.45) is 11.7 Å². The zero-order chi connectivity index (χ0) is 14.6. The second-order valence-corrected chi connectivity index (χ2v) is 5.78. The Labute approximate surface area is 109 Å². The molecule has 0 amide bonds. The van der Waals surface area contributed by atoms with Crippen LogP contribution < -0.4 is 5.73 Å². The van der Waals surface area contributed by atoms with Gasteiger partial charge in [-0.2, -0.15) is 0 Å². The number of rotatable bonds is 5. The van der Waals surface area contributed by atoms with E-state index in [0.717, 1.165) is 0 Å². The summed E-state index contributed by atoms with van der Waals surface area (Å²) in [7, 11) is 0. The van der Waals surface area contributed by atoms with Gasteiger partial charge in [0.25, 0.3) is 0 Å². The number of carbonyl (C=O) groups excluding carboxylic acids is 2. The predicted molar refractivity (Wildman–Crippen MR) is 68.9 cm³/mol. The van der Waals surface area contributed by atoms with E-state index in [1.807, 2.05) is 0 Å². The second kappa shape index (κ2) is 6.18. The lowest BCUT2D eigenvalue weighted by molar-refractivity contribution is -0.161. The van der Waals surface area contributed by atoms with Crippen LogP contribution in [0.25, 0.3) is 0 Å². The van der Waals surface area contributed by atoms with Gasteiger partial charge in [-0.3, -0.25) is 9.59 Å². The average molecular weight is 259 g/mol. The van der Waals surface area contributed by atoms with Crippen LogP contribution >= 0.6 is 0 Å². The lowest BCUT2D eigenvalue weighted by Crippen LogP contribution is -2.48. The minimum atomic E-state index is -1.17. The monoisotopic (exact) mass is 259 g/mol. The first-order chi connectivity index (χ1) is 7.99. The van der Waals surface area contributed by atoms with Gasteiger partial charge in [0.2, 0.25) is 0 Å². The summed E-state index contributed by atoms with van der Waals surface area (Å²) in [5.74, 6) is -1.31. The van der Waals surface area contributed by atoms with E-state index < -0.39 is 23.0 Å². The Balaban J connectivity index is 4.50. The summed E-state index contributed by atoms with van der Waals surface area (Å²) in [5, 5.41) is 0. The molecule has 0 radical (unpaired) electrons. The van der Waals surface area contributed by atoms with Crippen molar-refractivity contribution in [2.75, 3.05) is 6.61 Å². The molecule has 106 valence electrons. The Hall–Kier alpha value is -1.10. The van der Waals surface area contributed by atoms with Gasteiger partial charge >= 0.3 is 11.9 Å². The highest BCUT2D eigenvalue weighted by molar-refractivity contribution is 5.81. The third-order valence-electron chi connectivity index (χ3n) is 2.28. The van der Waals surface area contributed by atoms with Crippen LogP contribution in [0.5, 0.6) is 0 Å². The van der Waals surface area contributed by atoms with E-state index in [4.69, 9.17) is 15.2 Å². The molecular weight excluding hydrogens is 234 g/mol. The molecule has 0 aromatic rings. The maximum Gasteiger partial charge on any atom is 0.325 e. The van der Waals surface area contributed by atoms with Gasteiger partial charge in [0.1, 0.15) is 11.1 Å². The third kappa shape index (κ3) is 6.00. The van der Waals surface area contributed by atoms with Crippen LogP contribution in [0.4, 0.5) is 0 Å². The van der Waals surface area contributed by atoms with Crippen molar-refractivity contribution < 1.29 is 19.1 Å². The van der Waals surface area contributed by atoms with Crippen molar-refractivity contribution in [3.63, 3.8) is 0 Å². The topological polar surface area (TPSA) is 78.6 Å². The van der Waals surface area contributed by atoms with Crippen molar-refractivity contribution >= 4 is 11.9 Å². The molecule has 0 unspecified atom stereocenters. The normalized spacial score (nSPS) is 16.6. The van der Waals surface area contributed by atoms with Gasteiger partial charge < -0.3 is 15.2 Å². The highest BCUT2D eigenvalue weighted by Crippen LogP contribution is 2.19. The molecular formula is C13H25NO4. The summed E-state index contributed by atoms with van der Waals surface area (Å²) in [6, 6.07) is 0. The van der Waals surface area contributed by atoms with E-state index in [2.05, 4.69) is 0 Å². The molecule has 0 heterocycles. The van der Waals surface area contributed by atoms with Gasteiger partial charge in [-0.25, -0.2) is 0 Å². The highest BCUT2D eigenvalue weighted by Gasteiger charge is 2.35. The van der Waals surface area contributed by atoms with Gasteiger partial charge in [0.05, 0.1) is 12.5 Å². The zero-order valence-electron chi connectivity index (χ0n) is 12.2. The Morgan fingerprint density at radius 3 is 2.11 bits per heavy atom. The number of ether oxygens (including phenoxy) is 2. The fourth-order valence-corrected chi connectivity index (χ4v) is 1.50.